The van der Waals surface area contributed by atoms with Gasteiger partial charge < -0.3 is 9.57 Å². The van der Waals surface area contributed by atoms with Gasteiger partial charge in [0.2, 0.25) is 0 Å². The van der Waals surface area contributed by atoms with E-state index in [-0.39, 0.29) is 18.9 Å². The number of carbonyl (C=O) groups is 1. The fourth-order valence-corrected chi connectivity index (χ4v) is 0.482. The number of hydrogen-bond donors (Lipinski definition) is 2. The number of ether oxygens (including phenoxy) is 1. The van der Waals surface area contributed by atoms with Crippen molar-refractivity contribution in [2.45, 2.75) is 39.9 Å². The molecule has 0 aromatic heterocycles. The zero-order valence-corrected chi connectivity index (χ0v) is 8.99. The molecule has 84 valence electrons. The number of carbonyl (C=O) groups excluding carboxylic acids is 1. The van der Waals surface area contributed by atoms with Gasteiger partial charge in [-0.25, -0.2) is 4.79 Å². The third-order valence-corrected chi connectivity index (χ3v) is 1.02. The Kier molecular flexibility index (Phi) is 7.09. The van der Waals surface area contributed by atoms with Gasteiger partial charge in [-0.05, 0) is 27.7 Å². The largest absolute Gasteiger partial charge is 0.450 e. The monoisotopic (exact) mass is 206 g/mol. The standard InChI is InChI=1S/C8H18N2O4/c1-6(2)12-5-9-14-8(11)10-13-7(3)4/h6-7,9H,5H2,1-4H3,(H,10,11). The van der Waals surface area contributed by atoms with Gasteiger partial charge in [0.05, 0.1) is 12.2 Å². The smallest absolute Gasteiger partial charge is 0.360 e. The molecular formula is C8H18N2O4. The van der Waals surface area contributed by atoms with Crippen molar-refractivity contribution in [1.82, 2.24) is 11.0 Å². The Hall–Kier alpha value is -0.850. The minimum absolute atomic E-state index is 0.0843. The van der Waals surface area contributed by atoms with Crippen LogP contribution in [0.2, 0.25) is 0 Å². The summed E-state index contributed by atoms with van der Waals surface area (Å²) in [6.07, 6.45) is -0.707. The SMILES string of the molecule is CC(C)OCNOC(=O)NOC(C)C. The van der Waals surface area contributed by atoms with E-state index in [0.717, 1.165) is 0 Å². The van der Waals surface area contributed by atoms with Crippen molar-refractivity contribution in [3.05, 3.63) is 0 Å². The van der Waals surface area contributed by atoms with Crippen molar-refractivity contribution >= 4 is 6.09 Å². The maximum Gasteiger partial charge on any atom is 0.450 e. The summed E-state index contributed by atoms with van der Waals surface area (Å²) in [5.74, 6) is 0. The first kappa shape index (κ1) is 13.2. The van der Waals surface area contributed by atoms with Gasteiger partial charge >= 0.3 is 6.09 Å². The number of hydroxylamine groups is 2. The molecule has 0 atom stereocenters. The summed E-state index contributed by atoms with van der Waals surface area (Å²) < 4.78 is 5.06. The van der Waals surface area contributed by atoms with E-state index in [1.54, 1.807) is 13.8 Å². The summed E-state index contributed by atoms with van der Waals surface area (Å²) in [6.45, 7) is 7.48. The predicted molar refractivity (Wildman–Crippen MR) is 50.1 cm³/mol. The van der Waals surface area contributed by atoms with Gasteiger partial charge in [0.1, 0.15) is 6.73 Å². The second-order valence-corrected chi connectivity index (χ2v) is 3.16. The second-order valence-electron chi connectivity index (χ2n) is 3.16. The van der Waals surface area contributed by atoms with Gasteiger partial charge in [-0.3, -0.25) is 4.84 Å². The van der Waals surface area contributed by atoms with E-state index >= 15 is 0 Å². The third-order valence-electron chi connectivity index (χ3n) is 1.02. The molecule has 0 spiro atoms. The number of amides is 1. The van der Waals surface area contributed by atoms with Crippen molar-refractivity contribution in [3.8, 4) is 0 Å². The third kappa shape index (κ3) is 9.24. The van der Waals surface area contributed by atoms with Crippen LogP contribution in [0, 0.1) is 0 Å². The molecule has 6 nitrogen and oxygen atoms in total. The normalized spacial score (nSPS) is 10.7. The second kappa shape index (κ2) is 7.54. The molecule has 0 fully saturated rings. The Balaban J connectivity index is 3.27. The molecule has 2 N–H and O–H groups in total. The van der Waals surface area contributed by atoms with Gasteiger partial charge in [0.15, 0.2) is 0 Å². The molecule has 0 bridgehead atoms. The van der Waals surface area contributed by atoms with E-state index in [1.807, 2.05) is 13.8 Å². The van der Waals surface area contributed by atoms with Crippen LogP contribution in [0.15, 0.2) is 0 Å². The lowest BCUT2D eigenvalue weighted by atomic mass is 10.5. The maximum atomic E-state index is 10.8. The van der Waals surface area contributed by atoms with Gasteiger partial charge in [-0.1, -0.05) is 0 Å². The van der Waals surface area contributed by atoms with Crippen LogP contribution in [0.1, 0.15) is 27.7 Å². The molecule has 0 radical (unpaired) electrons. The molecule has 0 aliphatic rings. The Morgan fingerprint density at radius 2 is 1.86 bits per heavy atom. The Bertz CT molecular complexity index is 161. The van der Waals surface area contributed by atoms with Crippen LogP contribution < -0.4 is 11.0 Å². The highest BCUT2D eigenvalue weighted by Crippen LogP contribution is 1.85. The molecule has 14 heavy (non-hydrogen) atoms. The van der Waals surface area contributed by atoms with E-state index in [9.17, 15) is 4.79 Å². The van der Waals surface area contributed by atoms with Gasteiger partial charge in [0.25, 0.3) is 0 Å². The van der Waals surface area contributed by atoms with Crippen LogP contribution >= 0.6 is 0 Å². The number of hydrogen-bond acceptors (Lipinski definition) is 5. The highest BCUT2D eigenvalue weighted by molar-refractivity contribution is 5.65. The van der Waals surface area contributed by atoms with Crippen molar-refractivity contribution in [2.24, 2.45) is 0 Å². The quantitative estimate of drug-likeness (QED) is 0.384. The van der Waals surface area contributed by atoms with Crippen molar-refractivity contribution in [2.75, 3.05) is 6.73 Å². The highest BCUT2D eigenvalue weighted by Gasteiger charge is 2.02. The molecule has 0 rings (SSSR count). The fraction of sp³-hybridized carbons (Fsp3) is 0.875. The van der Waals surface area contributed by atoms with E-state index in [1.165, 1.54) is 0 Å². The molecule has 0 heterocycles. The van der Waals surface area contributed by atoms with Crippen LogP contribution in [-0.4, -0.2) is 25.0 Å². The fourth-order valence-electron chi connectivity index (χ4n) is 0.482. The lowest BCUT2D eigenvalue weighted by Gasteiger charge is -2.10. The average Bonchev–Trinajstić information content (AvgIpc) is 2.08. The van der Waals surface area contributed by atoms with Gasteiger partial charge in [0, 0.05) is 0 Å². The molecule has 0 aromatic rings. The zero-order valence-electron chi connectivity index (χ0n) is 8.99. The molecule has 0 aliphatic heterocycles. The van der Waals surface area contributed by atoms with Crippen molar-refractivity contribution in [3.63, 3.8) is 0 Å². The Morgan fingerprint density at radius 3 is 2.36 bits per heavy atom. The van der Waals surface area contributed by atoms with Gasteiger partial charge in [-0.2, -0.15) is 5.48 Å². The van der Waals surface area contributed by atoms with Crippen LogP contribution in [-0.2, 0) is 14.4 Å². The van der Waals surface area contributed by atoms with E-state index in [0.29, 0.717) is 0 Å². The minimum Gasteiger partial charge on any atom is -0.360 e. The van der Waals surface area contributed by atoms with Crippen molar-refractivity contribution < 1.29 is 19.2 Å². The molecule has 6 heteroatoms. The summed E-state index contributed by atoms with van der Waals surface area (Å²) in [4.78, 5) is 20.1. The zero-order chi connectivity index (χ0) is 11.0. The van der Waals surface area contributed by atoms with Crippen LogP contribution in [0.5, 0.6) is 0 Å². The topological polar surface area (TPSA) is 68.8 Å². The van der Waals surface area contributed by atoms with Crippen LogP contribution in [0.4, 0.5) is 4.79 Å². The maximum absolute atomic E-state index is 10.8. The number of rotatable bonds is 6. The Morgan fingerprint density at radius 1 is 1.21 bits per heavy atom. The highest BCUT2D eigenvalue weighted by atomic mass is 16.8. The lowest BCUT2D eigenvalue weighted by molar-refractivity contribution is -0.0487. The summed E-state index contributed by atoms with van der Waals surface area (Å²) in [5.41, 5.74) is 4.42. The summed E-state index contributed by atoms with van der Waals surface area (Å²) in [7, 11) is 0. The summed E-state index contributed by atoms with van der Waals surface area (Å²) in [6, 6.07) is 0. The first-order valence-corrected chi connectivity index (χ1v) is 4.49. The summed E-state index contributed by atoms with van der Waals surface area (Å²) >= 11 is 0. The molecule has 0 unspecified atom stereocenters. The molecule has 0 aliphatic carbocycles. The van der Waals surface area contributed by atoms with Crippen molar-refractivity contribution in [1.29, 1.82) is 0 Å². The van der Waals surface area contributed by atoms with Crippen LogP contribution in [0.3, 0.4) is 0 Å². The first-order valence-electron chi connectivity index (χ1n) is 4.49. The Labute approximate surface area is 83.8 Å². The van der Waals surface area contributed by atoms with E-state index in [4.69, 9.17) is 9.57 Å². The van der Waals surface area contributed by atoms with E-state index in [2.05, 4.69) is 15.8 Å². The first-order chi connectivity index (χ1) is 6.52. The molecular weight excluding hydrogens is 188 g/mol. The van der Waals surface area contributed by atoms with E-state index < -0.39 is 6.09 Å². The molecule has 1 amide bonds. The summed E-state index contributed by atoms with van der Waals surface area (Å²) in [5, 5.41) is 0. The van der Waals surface area contributed by atoms with Crippen LogP contribution in [0.25, 0.3) is 0 Å². The number of nitrogens with one attached hydrogen (secondary N) is 2. The predicted octanol–water partition coefficient (Wildman–Crippen LogP) is 0.940. The molecule has 0 saturated carbocycles. The lowest BCUT2D eigenvalue weighted by Crippen LogP contribution is -2.33. The molecule has 0 aromatic carbocycles. The molecule has 0 saturated heterocycles. The minimum atomic E-state index is -0.703. The van der Waals surface area contributed by atoms with Gasteiger partial charge in [-0.15, -0.1) is 5.48 Å². The average molecular weight is 206 g/mol.